The number of hydrogen-bond donors (Lipinski definition) is 0. The van der Waals surface area contributed by atoms with Crippen LogP contribution >= 0.6 is 0 Å². The van der Waals surface area contributed by atoms with Crippen molar-refractivity contribution in [2.24, 2.45) is 5.92 Å². The highest BCUT2D eigenvalue weighted by atomic mass is 16.5. The van der Waals surface area contributed by atoms with Crippen molar-refractivity contribution in [3.05, 3.63) is 29.7 Å². The minimum Gasteiger partial charge on any atom is -0.461 e. The maximum absolute atomic E-state index is 12.1. The maximum atomic E-state index is 12.1. The van der Waals surface area contributed by atoms with Gasteiger partial charge in [-0.25, -0.2) is 0 Å². The first kappa shape index (κ1) is 13.4. The summed E-state index contributed by atoms with van der Waals surface area (Å²) < 4.78 is 11.2. The lowest BCUT2D eigenvalue weighted by atomic mass is 10.2. The molecule has 0 radical (unpaired) electrons. The van der Waals surface area contributed by atoms with E-state index in [9.17, 15) is 4.79 Å². The molecule has 1 aliphatic heterocycles. The van der Waals surface area contributed by atoms with E-state index in [0.717, 1.165) is 17.4 Å². The topological polar surface area (TPSA) is 42.7 Å². The molecular weight excluding hydrogens is 254 g/mol. The molecule has 3 atom stereocenters. The predicted octanol–water partition coefficient (Wildman–Crippen LogP) is 2.66. The van der Waals surface area contributed by atoms with E-state index in [-0.39, 0.29) is 12.0 Å². The first-order chi connectivity index (χ1) is 9.63. The Morgan fingerprint density at radius 2 is 2.20 bits per heavy atom. The summed E-state index contributed by atoms with van der Waals surface area (Å²) in [6.07, 6.45) is 4.68. The van der Waals surface area contributed by atoms with E-state index in [1.807, 2.05) is 24.0 Å². The molecule has 2 fully saturated rings. The lowest BCUT2D eigenvalue weighted by Crippen LogP contribution is -2.43. The van der Waals surface area contributed by atoms with Crippen molar-refractivity contribution in [3.8, 4) is 0 Å². The summed E-state index contributed by atoms with van der Waals surface area (Å²) in [5.74, 6) is 3.14. The fraction of sp³-hybridized carbons (Fsp3) is 0.562. The molecule has 108 valence electrons. The lowest BCUT2D eigenvalue weighted by molar-refractivity contribution is -0.132. The normalized spacial score (nSPS) is 29.9. The van der Waals surface area contributed by atoms with Gasteiger partial charge in [0.1, 0.15) is 11.5 Å². The van der Waals surface area contributed by atoms with Gasteiger partial charge in [0.25, 0.3) is 0 Å². The van der Waals surface area contributed by atoms with Gasteiger partial charge in [-0.3, -0.25) is 4.79 Å². The van der Waals surface area contributed by atoms with E-state index in [1.54, 1.807) is 12.2 Å². The van der Waals surface area contributed by atoms with Crippen LogP contribution in [0.25, 0.3) is 6.08 Å². The van der Waals surface area contributed by atoms with E-state index in [1.165, 1.54) is 6.42 Å². The van der Waals surface area contributed by atoms with Gasteiger partial charge in [-0.05, 0) is 37.5 Å². The van der Waals surface area contributed by atoms with Crippen LogP contribution in [0.1, 0.15) is 37.7 Å². The minimum atomic E-state index is 0.0258. The fourth-order valence-electron chi connectivity index (χ4n) is 2.65. The average Bonchev–Trinajstić information content (AvgIpc) is 2.99. The number of carbonyl (C=O) groups is 1. The SMILES string of the molecule is CC1CN(C(=O)/C=C/c2ccc(C3CC3C)o2)CCO1. The highest BCUT2D eigenvalue weighted by Gasteiger charge is 2.36. The van der Waals surface area contributed by atoms with Crippen molar-refractivity contribution < 1.29 is 13.9 Å². The van der Waals surface area contributed by atoms with E-state index >= 15 is 0 Å². The Bertz CT molecular complexity index is 520. The lowest BCUT2D eigenvalue weighted by Gasteiger charge is -2.30. The first-order valence-electron chi connectivity index (χ1n) is 7.32. The second-order valence-corrected chi connectivity index (χ2v) is 5.86. The number of hydrogen-bond acceptors (Lipinski definition) is 3. The molecule has 0 bridgehead atoms. The van der Waals surface area contributed by atoms with Gasteiger partial charge < -0.3 is 14.1 Å². The summed E-state index contributed by atoms with van der Waals surface area (Å²) in [4.78, 5) is 13.9. The zero-order valence-corrected chi connectivity index (χ0v) is 12.0. The summed E-state index contributed by atoms with van der Waals surface area (Å²) in [6, 6.07) is 3.96. The Balaban J connectivity index is 1.58. The number of amides is 1. The zero-order chi connectivity index (χ0) is 14.1. The molecule has 0 spiro atoms. The molecule has 1 aromatic rings. The molecule has 1 amide bonds. The van der Waals surface area contributed by atoms with Crippen molar-refractivity contribution in [1.29, 1.82) is 0 Å². The van der Waals surface area contributed by atoms with Crippen LogP contribution in [-0.4, -0.2) is 36.6 Å². The van der Waals surface area contributed by atoms with Gasteiger partial charge in [-0.15, -0.1) is 0 Å². The number of nitrogens with zero attached hydrogens (tertiary/aromatic N) is 1. The summed E-state index contributed by atoms with van der Waals surface area (Å²) in [5, 5.41) is 0. The molecule has 1 saturated carbocycles. The molecular formula is C16H21NO3. The smallest absolute Gasteiger partial charge is 0.246 e. The van der Waals surface area contributed by atoms with Gasteiger partial charge in [-0.2, -0.15) is 0 Å². The van der Waals surface area contributed by atoms with Gasteiger partial charge in [-0.1, -0.05) is 6.92 Å². The molecule has 1 aromatic heterocycles. The third-order valence-corrected chi connectivity index (χ3v) is 4.07. The molecule has 1 saturated heterocycles. The van der Waals surface area contributed by atoms with Crippen LogP contribution in [0.15, 0.2) is 22.6 Å². The van der Waals surface area contributed by atoms with Gasteiger partial charge in [0.05, 0.1) is 12.7 Å². The maximum Gasteiger partial charge on any atom is 0.246 e. The van der Waals surface area contributed by atoms with Crippen LogP contribution in [0.3, 0.4) is 0 Å². The number of furan rings is 1. The number of ether oxygens (including phenoxy) is 1. The fourth-order valence-corrected chi connectivity index (χ4v) is 2.65. The Kier molecular flexibility index (Phi) is 3.66. The van der Waals surface area contributed by atoms with Crippen molar-refractivity contribution in [2.75, 3.05) is 19.7 Å². The summed E-state index contributed by atoms with van der Waals surface area (Å²) in [6.45, 7) is 6.15. The largest absolute Gasteiger partial charge is 0.461 e. The van der Waals surface area contributed by atoms with Crippen LogP contribution in [-0.2, 0) is 9.53 Å². The van der Waals surface area contributed by atoms with Gasteiger partial charge >= 0.3 is 0 Å². The van der Waals surface area contributed by atoms with Crippen LogP contribution in [0.4, 0.5) is 0 Å². The molecule has 20 heavy (non-hydrogen) atoms. The highest BCUT2D eigenvalue weighted by Crippen LogP contribution is 2.47. The Morgan fingerprint density at radius 1 is 1.40 bits per heavy atom. The van der Waals surface area contributed by atoms with Gasteiger partial charge in [0.2, 0.25) is 5.91 Å². The van der Waals surface area contributed by atoms with Gasteiger partial charge in [0.15, 0.2) is 0 Å². The number of rotatable bonds is 3. The van der Waals surface area contributed by atoms with Crippen LogP contribution in [0, 0.1) is 5.92 Å². The summed E-state index contributed by atoms with van der Waals surface area (Å²) in [7, 11) is 0. The molecule has 0 N–H and O–H groups in total. The summed E-state index contributed by atoms with van der Waals surface area (Å²) in [5.41, 5.74) is 0. The monoisotopic (exact) mass is 275 g/mol. The van der Waals surface area contributed by atoms with E-state index < -0.39 is 0 Å². The molecule has 3 unspecified atom stereocenters. The standard InChI is InChI=1S/C16H21NO3/c1-11-9-14(11)15-5-3-13(20-15)4-6-16(18)17-7-8-19-12(2)10-17/h3-6,11-12,14H,7-10H2,1-2H3/b6-4+. The first-order valence-corrected chi connectivity index (χ1v) is 7.32. The van der Waals surface area contributed by atoms with E-state index in [4.69, 9.17) is 9.15 Å². The van der Waals surface area contributed by atoms with Crippen LogP contribution < -0.4 is 0 Å². The van der Waals surface area contributed by atoms with Crippen molar-refractivity contribution in [3.63, 3.8) is 0 Å². The predicted molar refractivity (Wildman–Crippen MR) is 76.3 cm³/mol. The molecule has 4 nitrogen and oxygen atoms in total. The van der Waals surface area contributed by atoms with Crippen molar-refractivity contribution in [2.45, 2.75) is 32.3 Å². The molecule has 2 aliphatic rings. The Hall–Kier alpha value is -1.55. The van der Waals surface area contributed by atoms with E-state index in [2.05, 4.69) is 6.92 Å². The molecule has 0 aromatic carbocycles. The van der Waals surface area contributed by atoms with Crippen molar-refractivity contribution in [1.82, 2.24) is 4.90 Å². The Labute approximate surface area is 119 Å². The molecule has 4 heteroatoms. The second-order valence-electron chi connectivity index (χ2n) is 5.86. The average molecular weight is 275 g/mol. The zero-order valence-electron chi connectivity index (χ0n) is 12.0. The number of morpholine rings is 1. The number of carbonyl (C=O) groups excluding carboxylic acids is 1. The molecule has 2 heterocycles. The quantitative estimate of drug-likeness (QED) is 0.796. The van der Waals surface area contributed by atoms with E-state index in [0.29, 0.717) is 25.6 Å². The summed E-state index contributed by atoms with van der Waals surface area (Å²) >= 11 is 0. The van der Waals surface area contributed by atoms with Crippen LogP contribution in [0.2, 0.25) is 0 Å². The van der Waals surface area contributed by atoms with Gasteiger partial charge in [0, 0.05) is 25.1 Å². The highest BCUT2D eigenvalue weighted by molar-refractivity contribution is 5.91. The molecule has 3 rings (SSSR count). The third kappa shape index (κ3) is 2.96. The minimum absolute atomic E-state index is 0.0258. The second kappa shape index (κ2) is 5.44. The third-order valence-electron chi connectivity index (χ3n) is 4.07. The molecule has 1 aliphatic carbocycles. The van der Waals surface area contributed by atoms with Crippen molar-refractivity contribution >= 4 is 12.0 Å². The van der Waals surface area contributed by atoms with Crippen LogP contribution in [0.5, 0.6) is 0 Å². The Morgan fingerprint density at radius 3 is 2.90 bits per heavy atom.